The van der Waals surface area contributed by atoms with Gasteiger partial charge in [-0.05, 0) is 36.8 Å². The van der Waals surface area contributed by atoms with Crippen LogP contribution in [0.2, 0.25) is 5.02 Å². The number of anilines is 2. The van der Waals surface area contributed by atoms with Crippen molar-refractivity contribution in [2.45, 2.75) is 6.92 Å². The SMILES string of the molecule is Cc1cc(Cl)ccc1-c1nc(NCCNc2ccc([N+](=O)[O-])cc2)ncc1-c1ncc[nH]1. The summed E-state index contributed by atoms with van der Waals surface area (Å²) in [6.07, 6.45) is 5.18. The van der Waals surface area contributed by atoms with Crippen molar-refractivity contribution in [1.82, 2.24) is 19.9 Å². The molecular formula is C22H20ClN7O2. The molecule has 0 radical (unpaired) electrons. The van der Waals surface area contributed by atoms with Crippen molar-refractivity contribution in [1.29, 1.82) is 0 Å². The highest BCUT2D eigenvalue weighted by molar-refractivity contribution is 6.30. The first kappa shape index (κ1) is 21.3. The van der Waals surface area contributed by atoms with E-state index < -0.39 is 4.92 Å². The summed E-state index contributed by atoms with van der Waals surface area (Å²) in [7, 11) is 0. The van der Waals surface area contributed by atoms with Crippen LogP contribution in [0.25, 0.3) is 22.6 Å². The van der Waals surface area contributed by atoms with Crippen LogP contribution in [-0.4, -0.2) is 37.9 Å². The van der Waals surface area contributed by atoms with E-state index in [2.05, 4.69) is 25.6 Å². The Hall–Kier alpha value is -3.98. The highest BCUT2D eigenvalue weighted by Gasteiger charge is 2.15. The standard InChI is InChI=1S/C22H20ClN7O2/c1-14-12-15(23)2-7-18(14)20-19(21-25-9-10-26-21)13-28-22(29-20)27-11-8-24-16-3-5-17(6-4-16)30(31)32/h2-7,9-10,12-13,24H,8,11H2,1H3,(H,25,26)(H,27,28,29). The first-order valence-electron chi connectivity index (χ1n) is 9.87. The molecule has 4 aromatic rings. The van der Waals surface area contributed by atoms with Gasteiger partial charge in [0.05, 0.1) is 16.2 Å². The first-order valence-corrected chi connectivity index (χ1v) is 10.2. The van der Waals surface area contributed by atoms with Gasteiger partial charge in [-0.3, -0.25) is 10.1 Å². The molecule has 0 fully saturated rings. The Morgan fingerprint density at radius 2 is 1.84 bits per heavy atom. The van der Waals surface area contributed by atoms with E-state index in [0.717, 1.165) is 28.1 Å². The van der Waals surface area contributed by atoms with E-state index in [4.69, 9.17) is 16.6 Å². The molecule has 0 spiro atoms. The van der Waals surface area contributed by atoms with Gasteiger partial charge < -0.3 is 15.6 Å². The van der Waals surface area contributed by atoms with Gasteiger partial charge in [0.1, 0.15) is 5.82 Å². The molecule has 10 heteroatoms. The zero-order chi connectivity index (χ0) is 22.5. The summed E-state index contributed by atoms with van der Waals surface area (Å²) in [5, 5.41) is 17.8. The lowest BCUT2D eigenvalue weighted by molar-refractivity contribution is -0.384. The molecular weight excluding hydrogens is 430 g/mol. The Kier molecular flexibility index (Phi) is 6.27. The number of halogens is 1. The van der Waals surface area contributed by atoms with Crippen molar-refractivity contribution in [3.05, 3.63) is 81.8 Å². The van der Waals surface area contributed by atoms with Gasteiger partial charge in [-0.15, -0.1) is 0 Å². The van der Waals surface area contributed by atoms with Crippen molar-refractivity contribution >= 4 is 28.9 Å². The average Bonchev–Trinajstić information content (AvgIpc) is 3.32. The third kappa shape index (κ3) is 4.84. The quantitative estimate of drug-likeness (QED) is 0.198. The second-order valence-corrected chi connectivity index (χ2v) is 7.45. The first-order chi connectivity index (χ1) is 15.5. The third-order valence-electron chi connectivity index (χ3n) is 4.80. The number of benzene rings is 2. The van der Waals surface area contributed by atoms with Crippen molar-refractivity contribution < 1.29 is 4.92 Å². The van der Waals surface area contributed by atoms with E-state index in [0.29, 0.717) is 29.9 Å². The third-order valence-corrected chi connectivity index (χ3v) is 5.04. The summed E-state index contributed by atoms with van der Waals surface area (Å²) in [6, 6.07) is 11.9. The van der Waals surface area contributed by atoms with Gasteiger partial charge in [0.2, 0.25) is 5.95 Å². The molecule has 0 unspecified atom stereocenters. The Morgan fingerprint density at radius 1 is 1.06 bits per heavy atom. The van der Waals surface area contributed by atoms with Gasteiger partial charge in [0.15, 0.2) is 0 Å². The van der Waals surface area contributed by atoms with Crippen LogP contribution in [0.5, 0.6) is 0 Å². The van der Waals surface area contributed by atoms with Crippen LogP contribution < -0.4 is 10.6 Å². The number of non-ortho nitro benzene ring substituents is 1. The van der Waals surface area contributed by atoms with E-state index in [1.54, 1.807) is 30.7 Å². The summed E-state index contributed by atoms with van der Waals surface area (Å²) in [5.74, 6) is 1.16. The molecule has 0 aliphatic heterocycles. The van der Waals surface area contributed by atoms with E-state index in [-0.39, 0.29) is 5.69 Å². The van der Waals surface area contributed by atoms with Crippen molar-refractivity contribution in [3.63, 3.8) is 0 Å². The maximum atomic E-state index is 10.7. The molecule has 0 saturated heterocycles. The molecule has 0 aliphatic rings. The van der Waals surface area contributed by atoms with Crippen molar-refractivity contribution in [2.75, 3.05) is 23.7 Å². The van der Waals surface area contributed by atoms with E-state index in [9.17, 15) is 10.1 Å². The van der Waals surface area contributed by atoms with Crippen LogP contribution >= 0.6 is 11.6 Å². The van der Waals surface area contributed by atoms with Gasteiger partial charge in [-0.25, -0.2) is 15.0 Å². The molecule has 0 saturated carbocycles. The second kappa shape index (κ2) is 9.44. The van der Waals surface area contributed by atoms with Crippen LogP contribution in [0.3, 0.4) is 0 Å². The van der Waals surface area contributed by atoms with E-state index in [1.807, 2.05) is 25.1 Å². The van der Waals surface area contributed by atoms with Crippen LogP contribution in [-0.2, 0) is 0 Å². The minimum atomic E-state index is -0.422. The minimum Gasteiger partial charge on any atom is -0.383 e. The van der Waals surface area contributed by atoms with E-state index >= 15 is 0 Å². The maximum absolute atomic E-state index is 10.7. The molecule has 0 amide bonds. The topological polar surface area (TPSA) is 122 Å². The van der Waals surface area contributed by atoms with Crippen molar-refractivity contribution in [3.8, 4) is 22.6 Å². The molecule has 2 heterocycles. The number of aromatic amines is 1. The smallest absolute Gasteiger partial charge is 0.269 e. The highest BCUT2D eigenvalue weighted by Crippen LogP contribution is 2.32. The monoisotopic (exact) mass is 449 g/mol. The molecule has 32 heavy (non-hydrogen) atoms. The van der Waals surface area contributed by atoms with E-state index in [1.165, 1.54) is 12.1 Å². The summed E-state index contributed by atoms with van der Waals surface area (Å²) in [6.45, 7) is 3.11. The molecule has 9 nitrogen and oxygen atoms in total. The largest absolute Gasteiger partial charge is 0.383 e. The molecule has 3 N–H and O–H groups in total. The Morgan fingerprint density at radius 3 is 2.53 bits per heavy atom. The lowest BCUT2D eigenvalue weighted by Gasteiger charge is -2.13. The number of H-pyrrole nitrogens is 1. The fourth-order valence-electron chi connectivity index (χ4n) is 3.23. The van der Waals surface area contributed by atoms with Gasteiger partial charge >= 0.3 is 0 Å². The maximum Gasteiger partial charge on any atom is 0.269 e. The Bertz CT molecular complexity index is 1230. The summed E-state index contributed by atoms with van der Waals surface area (Å²) < 4.78 is 0. The fourth-order valence-corrected chi connectivity index (χ4v) is 3.46. The van der Waals surface area contributed by atoms with Crippen LogP contribution in [0.1, 0.15) is 5.56 Å². The Balaban J connectivity index is 1.49. The number of aryl methyl sites for hydroxylation is 1. The van der Waals surface area contributed by atoms with Gasteiger partial charge in [-0.2, -0.15) is 0 Å². The normalized spacial score (nSPS) is 10.7. The molecule has 4 rings (SSSR count). The summed E-state index contributed by atoms with van der Waals surface area (Å²) in [4.78, 5) is 26.9. The number of rotatable bonds is 8. The number of nitrogens with zero attached hydrogens (tertiary/aromatic N) is 4. The van der Waals surface area contributed by atoms with Gasteiger partial charge in [-0.1, -0.05) is 17.7 Å². The number of nitrogens with one attached hydrogen (secondary N) is 3. The molecule has 162 valence electrons. The average molecular weight is 450 g/mol. The number of nitro groups is 1. The predicted molar refractivity (Wildman–Crippen MR) is 125 cm³/mol. The van der Waals surface area contributed by atoms with Crippen LogP contribution in [0.4, 0.5) is 17.3 Å². The lowest BCUT2D eigenvalue weighted by atomic mass is 10.0. The zero-order valence-corrected chi connectivity index (χ0v) is 17.9. The number of aromatic nitrogens is 4. The molecule has 0 atom stereocenters. The predicted octanol–water partition coefficient (Wildman–Crippen LogP) is 4.93. The molecule has 0 aliphatic carbocycles. The van der Waals surface area contributed by atoms with Gasteiger partial charge in [0.25, 0.3) is 5.69 Å². The fraction of sp³-hybridized carbons (Fsp3) is 0.136. The van der Waals surface area contributed by atoms with Crippen LogP contribution in [0.15, 0.2) is 61.1 Å². The molecule has 2 aromatic heterocycles. The molecule has 0 bridgehead atoms. The number of hydrogen-bond donors (Lipinski definition) is 3. The number of nitro benzene ring substituents is 1. The second-order valence-electron chi connectivity index (χ2n) is 7.01. The van der Waals surface area contributed by atoms with Gasteiger partial charge in [0, 0.05) is 60.1 Å². The zero-order valence-electron chi connectivity index (χ0n) is 17.2. The number of imidazole rings is 1. The van der Waals surface area contributed by atoms with Crippen molar-refractivity contribution in [2.24, 2.45) is 0 Å². The lowest BCUT2D eigenvalue weighted by Crippen LogP contribution is -2.15. The minimum absolute atomic E-state index is 0.0590. The molecule has 2 aromatic carbocycles. The highest BCUT2D eigenvalue weighted by atomic mass is 35.5. The van der Waals surface area contributed by atoms with Crippen LogP contribution in [0, 0.1) is 17.0 Å². The summed E-state index contributed by atoms with van der Waals surface area (Å²) >= 11 is 6.13. The Labute approximate surface area is 189 Å². The summed E-state index contributed by atoms with van der Waals surface area (Å²) in [5.41, 5.74) is 4.32. The number of hydrogen-bond acceptors (Lipinski definition) is 7.